The standard InChI is InChI=1S/C9H16O2/c1-6(7(2)10)8-4-3-5-9(8)11/h6,8-9,11H,3-5H2,1-2H3. The van der Waals surface area contributed by atoms with E-state index in [1.54, 1.807) is 6.92 Å². The van der Waals surface area contributed by atoms with Crippen LogP contribution >= 0.6 is 0 Å². The van der Waals surface area contributed by atoms with Gasteiger partial charge in [0.05, 0.1) is 6.10 Å². The third-order valence-corrected chi connectivity index (χ3v) is 2.82. The second-order valence-electron chi connectivity index (χ2n) is 3.56. The zero-order chi connectivity index (χ0) is 8.43. The van der Waals surface area contributed by atoms with E-state index in [1.165, 1.54) is 0 Å². The number of Topliss-reactive ketones (excluding diaryl/α,β-unsaturated/α-hetero) is 1. The molecule has 1 N–H and O–H groups in total. The monoisotopic (exact) mass is 156 g/mol. The first-order valence-electron chi connectivity index (χ1n) is 4.31. The lowest BCUT2D eigenvalue weighted by atomic mass is 9.88. The van der Waals surface area contributed by atoms with Gasteiger partial charge in [-0.1, -0.05) is 13.3 Å². The number of hydrogen-bond acceptors (Lipinski definition) is 2. The maximum atomic E-state index is 11.0. The van der Waals surface area contributed by atoms with Gasteiger partial charge >= 0.3 is 0 Å². The van der Waals surface area contributed by atoms with E-state index in [2.05, 4.69) is 0 Å². The fourth-order valence-electron chi connectivity index (χ4n) is 1.85. The van der Waals surface area contributed by atoms with Gasteiger partial charge in [-0.2, -0.15) is 0 Å². The molecule has 1 aliphatic rings. The van der Waals surface area contributed by atoms with Gasteiger partial charge in [-0.3, -0.25) is 4.79 Å². The molecule has 64 valence electrons. The largest absolute Gasteiger partial charge is 0.393 e. The van der Waals surface area contributed by atoms with E-state index in [4.69, 9.17) is 0 Å². The van der Waals surface area contributed by atoms with Crippen molar-refractivity contribution >= 4 is 5.78 Å². The number of ketones is 1. The van der Waals surface area contributed by atoms with Gasteiger partial charge in [0.2, 0.25) is 0 Å². The van der Waals surface area contributed by atoms with Crippen molar-refractivity contribution in [2.24, 2.45) is 11.8 Å². The number of carbonyl (C=O) groups is 1. The van der Waals surface area contributed by atoms with Crippen molar-refractivity contribution in [2.45, 2.75) is 39.2 Å². The summed E-state index contributed by atoms with van der Waals surface area (Å²) in [7, 11) is 0. The molecular weight excluding hydrogens is 140 g/mol. The topological polar surface area (TPSA) is 37.3 Å². The van der Waals surface area contributed by atoms with Crippen molar-refractivity contribution in [1.29, 1.82) is 0 Å². The fraction of sp³-hybridized carbons (Fsp3) is 0.889. The molecule has 0 heterocycles. The minimum absolute atomic E-state index is 0.0486. The van der Waals surface area contributed by atoms with E-state index < -0.39 is 0 Å². The van der Waals surface area contributed by atoms with Crippen LogP contribution < -0.4 is 0 Å². The maximum absolute atomic E-state index is 11.0. The van der Waals surface area contributed by atoms with Crippen molar-refractivity contribution in [2.75, 3.05) is 0 Å². The molecule has 0 aromatic heterocycles. The zero-order valence-electron chi connectivity index (χ0n) is 7.21. The molecule has 1 aliphatic carbocycles. The second-order valence-corrected chi connectivity index (χ2v) is 3.56. The molecular formula is C9H16O2. The molecule has 1 rings (SSSR count). The number of aliphatic hydroxyl groups excluding tert-OH is 1. The predicted octanol–water partition coefficient (Wildman–Crippen LogP) is 1.37. The molecule has 1 saturated carbocycles. The molecule has 3 unspecified atom stereocenters. The molecule has 3 atom stereocenters. The summed E-state index contributed by atoms with van der Waals surface area (Å²) in [4.78, 5) is 11.0. The molecule has 2 nitrogen and oxygen atoms in total. The van der Waals surface area contributed by atoms with Crippen molar-refractivity contribution in [3.8, 4) is 0 Å². The lowest BCUT2D eigenvalue weighted by molar-refractivity contribution is -0.122. The highest BCUT2D eigenvalue weighted by atomic mass is 16.3. The van der Waals surface area contributed by atoms with Crippen LogP contribution in [-0.2, 0) is 4.79 Å². The second kappa shape index (κ2) is 3.35. The van der Waals surface area contributed by atoms with E-state index >= 15 is 0 Å². The van der Waals surface area contributed by atoms with Crippen LogP contribution in [0.15, 0.2) is 0 Å². The Morgan fingerprint density at radius 3 is 2.55 bits per heavy atom. The van der Waals surface area contributed by atoms with Crippen LogP contribution in [0.1, 0.15) is 33.1 Å². The SMILES string of the molecule is CC(=O)C(C)C1CCCC1O. The summed E-state index contributed by atoms with van der Waals surface area (Å²) < 4.78 is 0. The van der Waals surface area contributed by atoms with Crippen molar-refractivity contribution in [3.05, 3.63) is 0 Å². The average Bonchev–Trinajstić information content (AvgIpc) is 2.33. The Morgan fingerprint density at radius 2 is 2.18 bits per heavy atom. The van der Waals surface area contributed by atoms with Crippen LogP contribution in [-0.4, -0.2) is 17.0 Å². The summed E-state index contributed by atoms with van der Waals surface area (Å²) in [6.45, 7) is 3.53. The first-order valence-corrected chi connectivity index (χ1v) is 4.31. The van der Waals surface area contributed by atoms with Crippen LogP contribution in [0.4, 0.5) is 0 Å². The van der Waals surface area contributed by atoms with E-state index in [0.29, 0.717) is 0 Å². The Hall–Kier alpha value is -0.370. The molecule has 0 radical (unpaired) electrons. The lowest BCUT2D eigenvalue weighted by Gasteiger charge is -2.19. The Kier molecular flexibility index (Phi) is 2.66. The van der Waals surface area contributed by atoms with E-state index in [0.717, 1.165) is 19.3 Å². The average molecular weight is 156 g/mol. The predicted molar refractivity (Wildman–Crippen MR) is 43.2 cm³/mol. The Morgan fingerprint density at radius 1 is 1.55 bits per heavy atom. The third kappa shape index (κ3) is 1.80. The van der Waals surface area contributed by atoms with Gasteiger partial charge in [0.15, 0.2) is 0 Å². The van der Waals surface area contributed by atoms with Gasteiger partial charge < -0.3 is 5.11 Å². The van der Waals surface area contributed by atoms with Gasteiger partial charge in [-0.05, 0) is 25.7 Å². The highest BCUT2D eigenvalue weighted by Gasteiger charge is 2.31. The lowest BCUT2D eigenvalue weighted by Crippen LogP contribution is -2.25. The smallest absolute Gasteiger partial charge is 0.133 e. The third-order valence-electron chi connectivity index (χ3n) is 2.82. The maximum Gasteiger partial charge on any atom is 0.133 e. The van der Waals surface area contributed by atoms with Crippen molar-refractivity contribution in [1.82, 2.24) is 0 Å². The summed E-state index contributed by atoms with van der Waals surface area (Å²) in [5, 5.41) is 9.46. The highest BCUT2D eigenvalue weighted by Crippen LogP contribution is 2.31. The minimum atomic E-state index is -0.228. The molecule has 0 aliphatic heterocycles. The first kappa shape index (κ1) is 8.72. The highest BCUT2D eigenvalue weighted by molar-refractivity contribution is 5.78. The molecule has 0 aromatic rings. The van der Waals surface area contributed by atoms with Crippen LogP contribution in [0.3, 0.4) is 0 Å². The Balaban J connectivity index is 2.52. The molecule has 1 fully saturated rings. The number of carbonyl (C=O) groups excluding carboxylic acids is 1. The molecule has 0 aromatic carbocycles. The Labute approximate surface area is 67.6 Å². The summed E-state index contributed by atoms with van der Waals surface area (Å²) in [5.41, 5.74) is 0. The molecule has 0 saturated heterocycles. The number of rotatable bonds is 2. The van der Waals surface area contributed by atoms with Crippen molar-refractivity contribution in [3.63, 3.8) is 0 Å². The van der Waals surface area contributed by atoms with E-state index in [1.807, 2.05) is 6.92 Å². The fourth-order valence-corrected chi connectivity index (χ4v) is 1.85. The van der Waals surface area contributed by atoms with Gasteiger partial charge in [-0.25, -0.2) is 0 Å². The van der Waals surface area contributed by atoms with Gasteiger partial charge in [-0.15, -0.1) is 0 Å². The zero-order valence-corrected chi connectivity index (χ0v) is 7.21. The van der Waals surface area contributed by atoms with E-state index in [-0.39, 0.29) is 23.7 Å². The van der Waals surface area contributed by atoms with Gasteiger partial charge in [0, 0.05) is 5.92 Å². The van der Waals surface area contributed by atoms with E-state index in [9.17, 15) is 9.90 Å². The molecule has 0 amide bonds. The Bertz CT molecular complexity index is 154. The molecule has 0 bridgehead atoms. The van der Waals surface area contributed by atoms with Crippen LogP contribution in [0.25, 0.3) is 0 Å². The van der Waals surface area contributed by atoms with Crippen LogP contribution in [0, 0.1) is 11.8 Å². The summed E-state index contributed by atoms with van der Waals surface area (Å²) >= 11 is 0. The van der Waals surface area contributed by atoms with Gasteiger partial charge in [0.25, 0.3) is 0 Å². The summed E-state index contributed by atoms with van der Waals surface area (Å²) in [6, 6.07) is 0. The van der Waals surface area contributed by atoms with Crippen LogP contribution in [0.2, 0.25) is 0 Å². The number of hydrogen-bond donors (Lipinski definition) is 1. The quantitative estimate of drug-likeness (QED) is 0.655. The minimum Gasteiger partial charge on any atom is -0.393 e. The molecule has 2 heteroatoms. The molecule has 11 heavy (non-hydrogen) atoms. The molecule has 0 spiro atoms. The van der Waals surface area contributed by atoms with Crippen molar-refractivity contribution < 1.29 is 9.90 Å². The summed E-state index contributed by atoms with van der Waals surface area (Å²) in [6.07, 6.45) is 2.74. The summed E-state index contributed by atoms with van der Waals surface area (Å²) in [5.74, 6) is 0.482. The first-order chi connectivity index (χ1) is 5.13. The number of aliphatic hydroxyl groups is 1. The normalized spacial score (nSPS) is 33.7. The van der Waals surface area contributed by atoms with Gasteiger partial charge in [0.1, 0.15) is 5.78 Å². The van der Waals surface area contributed by atoms with Crippen LogP contribution in [0.5, 0.6) is 0 Å².